The summed E-state index contributed by atoms with van der Waals surface area (Å²) >= 11 is 0. The molecular formula is C20H22FN3O2. The first-order valence-corrected chi connectivity index (χ1v) is 8.86. The average Bonchev–Trinajstić information content (AvgIpc) is 2.92. The molecule has 0 saturated carbocycles. The Bertz CT molecular complexity index is 767. The third-order valence-electron chi connectivity index (χ3n) is 4.54. The van der Waals surface area contributed by atoms with E-state index in [9.17, 15) is 14.0 Å². The van der Waals surface area contributed by atoms with Crippen molar-refractivity contribution in [3.63, 3.8) is 0 Å². The summed E-state index contributed by atoms with van der Waals surface area (Å²) in [5, 5.41) is 0. The van der Waals surface area contributed by atoms with Gasteiger partial charge in [0.1, 0.15) is 11.5 Å². The standard InChI is InChI=1S/C20H22FN3O2/c21-17-6-3-5-16(15-17)8-9-19(25)23-11-4-12-24(14-13-23)20(26)18-7-1-2-10-22-18/h1-3,5-7,10,15H,4,8-9,11-14H2. The van der Waals surface area contributed by atoms with E-state index in [0.29, 0.717) is 44.7 Å². The van der Waals surface area contributed by atoms with Crippen LogP contribution in [0.3, 0.4) is 0 Å². The van der Waals surface area contributed by atoms with E-state index < -0.39 is 0 Å². The molecule has 1 aromatic heterocycles. The average molecular weight is 355 g/mol. The lowest BCUT2D eigenvalue weighted by Crippen LogP contribution is -2.37. The Hall–Kier alpha value is -2.76. The van der Waals surface area contributed by atoms with E-state index >= 15 is 0 Å². The molecule has 136 valence electrons. The molecule has 1 saturated heterocycles. The number of nitrogens with zero attached hydrogens (tertiary/aromatic N) is 3. The van der Waals surface area contributed by atoms with E-state index in [1.807, 2.05) is 6.07 Å². The van der Waals surface area contributed by atoms with Gasteiger partial charge in [-0.3, -0.25) is 14.6 Å². The molecular weight excluding hydrogens is 333 g/mol. The van der Waals surface area contributed by atoms with E-state index in [-0.39, 0.29) is 17.6 Å². The van der Waals surface area contributed by atoms with Gasteiger partial charge in [0.15, 0.2) is 0 Å². The van der Waals surface area contributed by atoms with Crippen LogP contribution in [0.15, 0.2) is 48.7 Å². The normalized spacial score (nSPS) is 14.8. The second kappa shape index (κ2) is 8.56. The van der Waals surface area contributed by atoms with Crippen LogP contribution in [0.5, 0.6) is 0 Å². The highest BCUT2D eigenvalue weighted by atomic mass is 19.1. The van der Waals surface area contributed by atoms with Gasteiger partial charge in [-0.1, -0.05) is 18.2 Å². The summed E-state index contributed by atoms with van der Waals surface area (Å²) in [4.78, 5) is 32.6. The molecule has 3 rings (SSSR count). The quantitative estimate of drug-likeness (QED) is 0.847. The third-order valence-corrected chi connectivity index (χ3v) is 4.54. The van der Waals surface area contributed by atoms with Crippen LogP contribution >= 0.6 is 0 Å². The van der Waals surface area contributed by atoms with Gasteiger partial charge < -0.3 is 9.80 Å². The smallest absolute Gasteiger partial charge is 0.272 e. The Morgan fingerprint density at radius 1 is 1.00 bits per heavy atom. The van der Waals surface area contributed by atoms with Gasteiger partial charge in [-0.25, -0.2) is 4.39 Å². The van der Waals surface area contributed by atoms with Crippen LogP contribution in [0.25, 0.3) is 0 Å². The molecule has 2 heterocycles. The molecule has 0 bridgehead atoms. The summed E-state index contributed by atoms with van der Waals surface area (Å²) in [7, 11) is 0. The number of rotatable bonds is 4. The highest BCUT2D eigenvalue weighted by Gasteiger charge is 2.23. The molecule has 1 fully saturated rings. The number of hydrogen-bond acceptors (Lipinski definition) is 3. The highest BCUT2D eigenvalue weighted by Crippen LogP contribution is 2.11. The summed E-state index contributed by atoms with van der Waals surface area (Å²) in [6.07, 6.45) is 3.21. The number of pyridine rings is 1. The van der Waals surface area contributed by atoms with E-state index in [0.717, 1.165) is 12.0 Å². The second-order valence-corrected chi connectivity index (χ2v) is 6.37. The summed E-state index contributed by atoms with van der Waals surface area (Å²) in [5.41, 5.74) is 1.25. The van der Waals surface area contributed by atoms with Crippen LogP contribution in [0, 0.1) is 5.82 Å². The molecule has 0 spiro atoms. The second-order valence-electron chi connectivity index (χ2n) is 6.37. The van der Waals surface area contributed by atoms with E-state index in [2.05, 4.69) is 4.98 Å². The highest BCUT2D eigenvalue weighted by molar-refractivity contribution is 5.92. The third kappa shape index (κ3) is 4.65. The number of aryl methyl sites for hydroxylation is 1. The van der Waals surface area contributed by atoms with Gasteiger partial charge >= 0.3 is 0 Å². The molecule has 2 amide bonds. The molecule has 0 atom stereocenters. The largest absolute Gasteiger partial charge is 0.341 e. The van der Waals surface area contributed by atoms with Gasteiger partial charge in [0, 0.05) is 38.8 Å². The molecule has 1 aromatic carbocycles. The van der Waals surface area contributed by atoms with Crippen molar-refractivity contribution in [1.82, 2.24) is 14.8 Å². The van der Waals surface area contributed by atoms with E-state index in [4.69, 9.17) is 0 Å². The van der Waals surface area contributed by atoms with Crippen molar-refractivity contribution in [2.75, 3.05) is 26.2 Å². The SMILES string of the molecule is O=C(CCc1cccc(F)c1)N1CCCN(C(=O)c2ccccn2)CC1. The first-order chi connectivity index (χ1) is 12.6. The predicted molar refractivity (Wildman–Crippen MR) is 96.1 cm³/mol. The van der Waals surface area contributed by atoms with E-state index in [1.54, 1.807) is 40.3 Å². The molecule has 5 nitrogen and oxygen atoms in total. The molecule has 0 aliphatic carbocycles. The maximum Gasteiger partial charge on any atom is 0.272 e. The van der Waals surface area contributed by atoms with Crippen LogP contribution in [0.2, 0.25) is 0 Å². The van der Waals surface area contributed by atoms with Gasteiger partial charge in [-0.15, -0.1) is 0 Å². The molecule has 2 aromatic rings. The number of hydrogen-bond donors (Lipinski definition) is 0. The number of carbonyl (C=O) groups is 2. The number of carbonyl (C=O) groups excluding carboxylic acids is 2. The molecule has 1 aliphatic heterocycles. The van der Waals surface area contributed by atoms with Crippen molar-refractivity contribution in [1.29, 1.82) is 0 Å². The minimum absolute atomic E-state index is 0.0430. The Morgan fingerprint density at radius 3 is 2.58 bits per heavy atom. The first kappa shape index (κ1) is 18.0. The lowest BCUT2D eigenvalue weighted by molar-refractivity contribution is -0.131. The van der Waals surface area contributed by atoms with Gasteiger partial charge in [-0.05, 0) is 42.7 Å². The Labute approximate surface area is 152 Å². The Kier molecular flexibility index (Phi) is 5.94. The Balaban J connectivity index is 1.53. The zero-order valence-electron chi connectivity index (χ0n) is 14.6. The first-order valence-electron chi connectivity index (χ1n) is 8.86. The fraction of sp³-hybridized carbons (Fsp3) is 0.350. The lowest BCUT2D eigenvalue weighted by Gasteiger charge is -2.22. The minimum Gasteiger partial charge on any atom is -0.341 e. The van der Waals surface area contributed by atoms with Crippen LogP contribution in [-0.2, 0) is 11.2 Å². The number of halogens is 1. The van der Waals surface area contributed by atoms with Gasteiger partial charge in [0.25, 0.3) is 5.91 Å². The van der Waals surface area contributed by atoms with Gasteiger partial charge in [0.05, 0.1) is 0 Å². The predicted octanol–water partition coefficient (Wildman–Crippen LogP) is 2.53. The zero-order chi connectivity index (χ0) is 18.4. The molecule has 1 aliphatic rings. The van der Waals surface area contributed by atoms with Crippen LogP contribution in [-0.4, -0.2) is 52.8 Å². The fourth-order valence-electron chi connectivity index (χ4n) is 3.12. The number of benzene rings is 1. The fourth-order valence-corrected chi connectivity index (χ4v) is 3.12. The molecule has 0 radical (unpaired) electrons. The Morgan fingerprint density at radius 2 is 1.81 bits per heavy atom. The summed E-state index contributed by atoms with van der Waals surface area (Å²) in [6, 6.07) is 11.6. The topological polar surface area (TPSA) is 53.5 Å². The van der Waals surface area contributed by atoms with Crippen molar-refractivity contribution in [3.8, 4) is 0 Å². The van der Waals surface area contributed by atoms with Crippen molar-refractivity contribution in [2.24, 2.45) is 0 Å². The van der Waals surface area contributed by atoms with Gasteiger partial charge in [0.2, 0.25) is 5.91 Å². The summed E-state index contributed by atoms with van der Waals surface area (Å²) < 4.78 is 13.2. The van der Waals surface area contributed by atoms with Crippen molar-refractivity contribution in [2.45, 2.75) is 19.3 Å². The van der Waals surface area contributed by atoms with Crippen LogP contribution in [0.1, 0.15) is 28.9 Å². The molecule has 0 unspecified atom stereocenters. The molecule has 26 heavy (non-hydrogen) atoms. The minimum atomic E-state index is -0.284. The zero-order valence-corrected chi connectivity index (χ0v) is 14.6. The summed E-state index contributed by atoms with van der Waals surface area (Å²) in [6.45, 7) is 2.26. The molecule has 6 heteroatoms. The number of amides is 2. The van der Waals surface area contributed by atoms with E-state index in [1.165, 1.54) is 12.1 Å². The van der Waals surface area contributed by atoms with Crippen molar-refractivity contribution >= 4 is 11.8 Å². The number of aromatic nitrogens is 1. The van der Waals surface area contributed by atoms with Crippen molar-refractivity contribution < 1.29 is 14.0 Å². The van der Waals surface area contributed by atoms with Crippen LogP contribution < -0.4 is 0 Å². The van der Waals surface area contributed by atoms with Crippen LogP contribution in [0.4, 0.5) is 4.39 Å². The maximum atomic E-state index is 13.2. The van der Waals surface area contributed by atoms with Crippen molar-refractivity contribution in [3.05, 3.63) is 65.7 Å². The maximum absolute atomic E-state index is 13.2. The molecule has 0 N–H and O–H groups in total. The lowest BCUT2D eigenvalue weighted by atomic mass is 10.1. The summed E-state index contributed by atoms with van der Waals surface area (Å²) in [5.74, 6) is -0.338. The monoisotopic (exact) mass is 355 g/mol. The van der Waals surface area contributed by atoms with Gasteiger partial charge in [-0.2, -0.15) is 0 Å².